The topological polar surface area (TPSA) is 88.6 Å². The summed E-state index contributed by atoms with van der Waals surface area (Å²) in [4.78, 5) is 13.8. The van der Waals surface area contributed by atoms with Crippen LogP contribution < -0.4 is 15.4 Å². The summed E-state index contributed by atoms with van der Waals surface area (Å²) in [6.45, 7) is 0.630. The zero-order valence-electron chi connectivity index (χ0n) is 15.7. The maximum Gasteiger partial charge on any atom is 0.414 e. The van der Waals surface area contributed by atoms with Crippen LogP contribution in [0.25, 0.3) is 11.1 Å². The van der Waals surface area contributed by atoms with Crippen molar-refractivity contribution in [3.8, 4) is 16.9 Å². The van der Waals surface area contributed by atoms with Gasteiger partial charge in [-0.3, -0.25) is 10.3 Å². The lowest BCUT2D eigenvalue weighted by Crippen LogP contribution is -2.27. The van der Waals surface area contributed by atoms with Crippen molar-refractivity contribution in [2.45, 2.75) is 6.10 Å². The van der Waals surface area contributed by atoms with Crippen molar-refractivity contribution in [2.24, 2.45) is 5.73 Å². The van der Waals surface area contributed by atoms with Crippen molar-refractivity contribution >= 4 is 17.6 Å². The normalized spacial score (nSPS) is 15.8. The monoisotopic (exact) mass is 387 g/mol. The summed E-state index contributed by atoms with van der Waals surface area (Å²) < 4.78 is 11.3. The van der Waals surface area contributed by atoms with Crippen molar-refractivity contribution in [3.05, 3.63) is 84.4 Å². The van der Waals surface area contributed by atoms with Crippen molar-refractivity contribution in [3.63, 3.8) is 0 Å². The molecule has 0 saturated carbocycles. The van der Waals surface area contributed by atoms with Crippen LogP contribution in [0.3, 0.4) is 0 Å². The average molecular weight is 387 g/mol. The molecule has 0 aliphatic carbocycles. The van der Waals surface area contributed by atoms with Crippen LogP contribution in [0.15, 0.2) is 78.9 Å². The zero-order chi connectivity index (χ0) is 20.2. The fraction of sp³-hybridized carbons (Fsp3) is 0.130. The molecule has 29 heavy (non-hydrogen) atoms. The number of carbonyl (C=O) groups excluding carboxylic acids is 1. The highest BCUT2D eigenvalue weighted by molar-refractivity contribution is 5.97. The van der Waals surface area contributed by atoms with Gasteiger partial charge in [-0.1, -0.05) is 54.6 Å². The van der Waals surface area contributed by atoms with E-state index in [0.717, 1.165) is 16.9 Å². The number of cyclic esters (lactones) is 1. The van der Waals surface area contributed by atoms with Crippen molar-refractivity contribution < 1.29 is 14.3 Å². The van der Waals surface area contributed by atoms with Crippen molar-refractivity contribution in [2.75, 3.05) is 18.1 Å². The third-order valence-electron chi connectivity index (χ3n) is 4.72. The molecular weight excluding hydrogens is 366 g/mol. The number of hydrogen-bond donors (Lipinski definition) is 2. The van der Waals surface area contributed by atoms with E-state index in [1.54, 1.807) is 24.3 Å². The number of carbonyl (C=O) groups is 1. The quantitative estimate of drug-likeness (QED) is 0.493. The summed E-state index contributed by atoms with van der Waals surface area (Å²) in [7, 11) is 0. The van der Waals surface area contributed by atoms with E-state index in [0.29, 0.717) is 17.8 Å². The Morgan fingerprint density at radius 1 is 1.03 bits per heavy atom. The lowest BCUT2D eigenvalue weighted by molar-refractivity contribution is 0.105. The first kappa shape index (κ1) is 18.6. The van der Waals surface area contributed by atoms with Gasteiger partial charge in [0, 0.05) is 11.3 Å². The number of nitrogen functional groups attached to an aromatic ring is 1. The van der Waals surface area contributed by atoms with E-state index in [9.17, 15) is 4.79 Å². The fourth-order valence-electron chi connectivity index (χ4n) is 3.25. The lowest BCUT2D eigenvalue weighted by Gasteiger charge is -2.14. The predicted octanol–water partition coefficient (Wildman–Crippen LogP) is 4.04. The van der Waals surface area contributed by atoms with Gasteiger partial charge in [0.2, 0.25) is 0 Å². The first-order chi connectivity index (χ1) is 14.1. The Labute approximate surface area is 169 Å². The molecule has 0 bridgehead atoms. The van der Waals surface area contributed by atoms with Gasteiger partial charge in [-0.2, -0.15) is 0 Å². The summed E-state index contributed by atoms with van der Waals surface area (Å²) >= 11 is 0. The Balaban J connectivity index is 1.41. The molecule has 1 aliphatic heterocycles. The second-order valence-corrected chi connectivity index (χ2v) is 6.79. The summed E-state index contributed by atoms with van der Waals surface area (Å²) in [5.74, 6) is 0.678. The van der Waals surface area contributed by atoms with Crippen LogP contribution in [0.1, 0.15) is 5.56 Å². The number of nitrogens with two attached hydrogens (primary N) is 1. The molecule has 1 saturated heterocycles. The molecule has 6 heteroatoms. The number of nitrogens with zero attached hydrogens (tertiary/aromatic N) is 1. The molecule has 4 rings (SSSR count). The van der Waals surface area contributed by atoms with E-state index in [1.807, 2.05) is 54.6 Å². The van der Waals surface area contributed by atoms with Crippen molar-refractivity contribution in [1.29, 1.82) is 5.41 Å². The van der Waals surface area contributed by atoms with Gasteiger partial charge in [-0.15, -0.1) is 0 Å². The third kappa shape index (κ3) is 4.21. The minimum absolute atomic E-state index is 0.0439. The molecular formula is C23H21N3O3. The first-order valence-electron chi connectivity index (χ1n) is 9.31. The number of ether oxygens (including phenoxy) is 2. The molecule has 3 N–H and O–H groups in total. The minimum atomic E-state index is -0.433. The van der Waals surface area contributed by atoms with Crippen LogP contribution in [-0.2, 0) is 4.74 Å². The molecule has 146 valence electrons. The fourth-order valence-corrected chi connectivity index (χ4v) is 3.25. The van der Waals surface area contributed by atoms with Gasteiger partial charge < -0.3 is 15.2 Å². The highest BCUT2D eigenvalue weighted by atomic mass is 16.6. The first-order valence-corrected chi connectivity index (χ1v) is 9.31. The second kappa shape index (κ2) is 8.06. The van der Waals surface area contributed by atoms with Crippen LogP contribution in [0.4, 0.5) is 10.5 Å². The van der Waals surface area contributed by atoms with E-state index < -0.39 is 6.09 Å². The predicted molar refractivity (Wildman–Crippen MR) is 112 cm³/mol. The highest BCUT2D eigenvalue weighted by Crippen LogP contribution is 2.26. The van der Waals surface area contributed by atoms with E-state index in [1.165, 1.54) is 4.90 Å². The minimum Gasteiger partial charge on any atom is -0.490 e. The van der Waals surface area contributed by atoms with Gasteiger partial charge in [0.25, 0.3) is 0 Å². The molecule has 0 radical (unpaired) electrons. The smallest absolute Gasteiger partial charge is 0.414 e. The molecule has 1 aliphatic rings. The van der Waals surface area contributed by atoms with E-state index in [-0.39, 0.29) is 18.5 Å². The third-order valence-corrected chi connectivity index (χ3v) is 4.72. The van der Waals surface area contributed by atoms with Crippen LogP contribution in [0, 0.1) is 5.41 Å². The molecule has 1 unspecified atom stereocenters. The standard InChI is InChI=1S/C23H21N3O3/c24-22(25)18-9-4-10-19(12-18)26-14-21(29-23(26)27)15-28-20-11-5-8-17(13-20)16-6-2-1-3-7-16/h1-13,21H,14-15H2,(H3,24,25). The number of amides is 1. The molecule has 0 spiro atoms. The van der Waals surface area contributed by atoms with Crippen LogP contribution in [-0.4, -0.2) is 31.2 Å². The Bertz CT molecular complexity index is 1040. The Kier molecular flexibility index (Phi) is 5.16. The molecule has 3 aromatic rings. The van der Waals surface area contributed by atoms with E-state index >= 15 is 0 Å². The maximum absolute atomic E-state index is 12.3. The number of benzene rings is 3. The Hall–Kier alpha value is -3.80. The molecule has 1 fully saturated rings. The second-order valence-electron chi connectivity index (χ2n) is 6.79. The number of rotatable bonds is 6. The molecule has 1 heterocycles. The van der Waals surface area contributed by atoms with Crippen LogP contribution >= 0.6 is 0 Å². The largest absolute Gasteiger partial charge is 0.490 e. The summed E-state index contributed by atoms with van der Waals surface area (Å²) in [5, 5.41) is 7.56. The van der Waals surface area contributed by atoms with E-state index in [4.69, 9.17) is 20.6 Å². The number of hydrogen-bond acceptors (Lipinski definition) is 4. The highest BCUT2D eigenvalue weighted by Gasteiger charge is 2.33. The maximum atomic E-state index is 12.3. The summed E-state index contributed by atoms with van der Waals surface area (Å²) in [5.41, 5.74) is 8.93. The van der Waals surface area contributed by atoms with Gasteiger partial charge >= 0.3 is 6.09 Å². The van der Waals surface area contributed by atoms with Gasteiger partial charge in [-0.05, 0) is 35.4 Å². The molecule has 1 amide bonds. The van der Waals surface area contributed by atoms with Gasteiger partial charge in [0.15, 0.2) is 6.10 Å². The lowest BCUT2D eigenvalue weighted by atomic mass is 10.1. The Morgan fingerprint density at radius 3 is 2.59 bits per heavy atom. The molecule has 0 aromatic heterocycles. The van der Waals surface area contributed by atoms with Gasteiger partial charge in [-0.25, -0.2) is 4.79 Å². The molecule has 6 nitrogen and oxygen atoms in total. The van der Waals surface area contributed by atoms with Crippen LogP contribution in [0.5, 0.6) is 5.75 Å². The van der Waals surface area contributed by atoms with Gasteiger partial charge in [0.1, 0.15) is 18.2 Å². The number of nitrogens with one attached hydrogen (secondary N) is 1. The summed E-state index contributed by atoms with van der Waals surface area (Å²) in [6.07, 6.45) is -0.818. The molecule has 1 atom stereocenters. The average Bonchev–Trinajstić information content (AvgIpc) is 3.14. The van der Waals surface area contributed by atoms with Gasteiger partial charge in [0.05, 0.1) is 6.54 Å². The summed E-state index contributed by atoms with van der Waals surface area (Å²) in [6, 6.07) is 24.9. The SMILES string of the molecule is N=C(N)c1cccc(N2CC(COc3cccc(-c4ccccc4)c3)OC2=O)c1. The Morgan fingerprint density at radius 2 is 1.79 bits per heavy atom. The zero-order valence-corrected chi connectivity index (χ0v) is 15.7. The van der Waals surface area contributed by atoms with Crippen LogP contribution in [0.2, 0.25) is 0 Å². The van der Waals surface area contributed by atoms with Crippen molar-refractivity contribution in [1.82, 2.24) is 0 Å². The number of amidine groups is 1. The van der Waals surface area contributed by atoms with E-state index in [2.05, 4.69) is 0 Å². The number of anilines is 1. The molecule has 3 aromatic carbocycles.